The van der Waals surface area contributed by atoms with Gasteiger partial charge in [0, 0.05) is 16.4 Å². The predicted molar refractivity (Wildman–Crippen MR) is 105 cm³/mol. The van der Waals surface area contributed by atoms with E-state index in [1.165, 1.54) is 0 Å². The van der Waals surface area contributed by atoms with Gasteiger partial charge >= 0.3 is 6.03 Å². The van der Waals surface area contributed by atoms with Crippen LogP contribution in [-0.2, 0) is 4.79 Å². The Morgan fingerprint density at radius 3 is 2.63 bits per heavy atom. The lowest BCUT2D eigenvalue weighted by Crippen LogP contribution is -2.45. The SMILES string of the molecule is CCOc1ccc(NC(=O)C2=C(C)NC(=O)N[C@@H]2c2cccc(Cl)c2)cc1. The van der Waals surface area contributed by atoms with Crippen LogP contribution in [0.3, 0.4) is 0 Å². The molecule has 3 rings (SSSR count). The molecule has 3 amide bonds. The summed E-state index contributed by atoms with van der Waals surface area (Å²) < 4.78 is 5.41. The van der Waals surface area contributed by atoms with Gasteiger partial charge in [-0.15, -0.1) is 0 Å². The molecule has 0 spiro atoms. The molecule has 1 aliphatic heterocycles. The second kappa shape index (κ2) is 8.14. The van der Waals surface area contributed by atoms with Crippen LogP contribution in [0.25, 0.3) is 0 Å². The monoisotopic (exact) mass is 385 g/mol. The van der Waals surface area contributed by atoms with E-state index in [1.807, 2.05) is 13.0 Å². The van der Waals surface area contributed by atoms with Crippen molar-refractivity contribution in [2.45, 2.75) is 19.9 Å². The Bertz CT molecular complexity index is 894. The van der Waals surface area contributed by atoms with E-state index in [4.69, 9.17) is 16.3 Å². The zero-order valence-corrected chi connectivity index (χ0v) is 15.8. The normalized spacial score (nSPS) is 16.4. The van der Waals surface area contributed by atoms with Crippen molar-refractivity contribution in [3.8, 4) is 5.75 Å². The third-order valence-corrected chi connectivity index (χ3v) is 4.35. The first-order valence-electron chi connectivity index (χ1n) is 8.56. The molecule has 7 heteroatoms. The highest BCUT2D eigenvalue weighted by Crippen LogP contribution is 2.29. The summed E-state index contributed by atoms with van der Waals surface area (Å²) in [7, 11) is 0. The van der Waals surface area contributed by atoms with E-state index in [1.54, 1.807) is 49.4 Å². The van der Waals surface area contributed by atoms with Crippen LogP contribution < -0.4 is 20.7 Å². The Labute approximate surface area is 162 Å². The molecule has 3 N–H and O–H groups in total. The molecule has 0 saturated heterocycles. The molecule has 27 heavy (non-hydrogen) atoms. The first-order valence-corrected chi connectivity index (χ1v) is 8.93. The molecule has 0 unspecified atom stereocenters. The van der Waals surface area contributed by atoms with Crippen LogP contribution in [0.4, 0.5) is 10.5 Å². The van der Waals surface area contributed by atoms with Crippen molar-refractivity contribution in [1.29, 1.82) is 0 Å². The number of rotatable bonds is 5. The molecule has 0 aliphatic carbocycles. The zero-order chi connectivity index (χ0) is 19.4. The number of nitrogens with one attached hydrogen (secondary N) is 3. The van der Waals surface area contributed by atoms with Gasteiger partial charge in [0.15, 0.2) is 0 Å². The minimum absolute atomic E-state index is 0.311. The number of halogens is 1. The minimum atomic E-state index is -0.597. The largest absolute Gasteiger partial charge is 0.494 e. The van der Waals surface area contributed by atoms with E-state index in [-0.39, 0.29) is 11.9 Å². The van der Waals surface area contributed by atoms with Crippen LogP contribution in [0, 0.1) is 0 Å². The molecule has 2 aromatic carbocycles. The molecule has 0 saturated carbocycles. The average Bonchev–Trinajstić information content (AvgIpc) is 2.63. The fourth-order valence-corrected chi connectivity index (χ4v) is 3.13. The van der Waals surface area contributed by atoms with Crippen LogP contribution in [0.15, 0.2) is 59.8 Å². The Morgan fingerprint density at radius 2 is 1.96 bits per heavy atom. The molecule has 6 nitrogen and oxygen atoms in total. The van der Waals surface area contributed by atoms with Crippen LogP contribution >= 0.6 is 11.6 Å². The Hall–Kier alpha value is -2.99. The summed E-state index contributed by atoms with van der Waals surface area (Å²) in [6.07, 6.45) is 0. The number of allylic oxidation sites excluding steroid dienone is 1. The van der Waals surface area contributed by atoms with E-state index in [0.29, 0.717) is 28.6 Å². The van der Waals surface area contributed by atoms with Gasteiger partial charge in [0.05, 0.1) is 18.2 Å². The summed E-state index contributed by atoms with van der Waals surface area (Å²) in [5, 5.41) is 8.83. The van der Waals surface area contributed by atoms with E-state index in [9.17, 15) is 9.59 Å². The molecule has 0 radical (unpaired) electrons. The van der Waals surface area contributed by atoms with E-state index in [2.05, 4.69) is 16.0 Å². The lowest BCUT2D eigenvalue weighted by molar-refractivity contribution is -0.113. The number of carbonyl (C=O) groups is 2. The van der Waals surface area contributed by atoms with Gasteiger partial charge in [-0.05, 0) is 55.8 Å². The summed E-state index contributed by atoms with van der Waals surface area (Å²) >= 11 is 6.08. The minimum Gasteiger partial charge on any atom is -0.494 e. The second-order valence-corrected chi connectivity index (χ2v) is 6.47. The number of hydrogen-bond donors (Lipinski definition) is 3. The van der Waals surface area contributed by atoms with E-state index < -0.39 is 6.04 Å². The first-order chi connectivity index (χ1) is 13.0. The first kappa shape index (κ1) is 18.8. The number of urea groups is 1. The van der Waals surface area contributed by atoms with Crippen molar-refractivity contribution in [3.63, 3.8) is 0 Å². The van der Waals surface area contributed by atoms with Crippen LogP contribution in [0.2, 0.25) is 5.02 Å². The van der Waals surface area contributed by atoms with Crippen molar-refractivity contribution >= 4 is 29.2 Å². The maximum absolute atomic E-state index is 12.9. The molecule has 1 aliphatic rings. The van der Waals surface area contributed by atoms with Gasteiger partial charge < -0.3 is 20.7 Å². The van der Waals surface area contributed by atoms with Crippen LogP contribution in [-0.4, -0.2) is 18.5 Å². The Kier molecular flexibility index (Phi) is 5.66. The number of anilines is 1. The third-order valence-electron chi connectivity index (χ3n) is 4.12. The topological polar surface area (TPSA) is 79.5 Å². The molecular formula is C20H20ClN3O3. The predicted octanol–water partition coefficient (Wildman–Crippen LogP) is 4.01. The maximum Gasteiger partial charge on any atom is 0.319 e. The molecule has 0 aromatic heterocycles. The van der Waals surface area contributed by atoms with E-state index >= 15 is 0 Å². The van der Waals surface area contributed by atoms with Crippen molar-refractivity contribution < 1.29 is 14.3 Å². The standard InChI is InChI=1S/C20H20ClN3O3/c1-3-27-16-9-7-15(8-10-16)23-19(25)17-12(2)22-20(26)24-18(17)13-5-4-6-14(21)11-13/h4-11,18H,3H2,1-2H3,(H,23,25)(H2,22,24,26)/t18-/m1/s1. The smallest absolute Gasteiger partial charge is 0.319 e. The molecule has 1 heterocycles. The van der Waals surface area contributed by atoms with Crippen molar-refractivity contribution in [3.05, 3.63) is 70.4 Å². The summed E-state index contributed by atoms with van der Waals surface area (Å²) in [5.41, 5.74) is 2.27. The van der Waals surface area contributed by atoms with Crippen LogP contribution in [0.5, 0.6) is 5.75 Å². The number of benzene rings is 2. The highest BCUT2D eigenvalue weighted by atomic mass is 35.5. The second-order valence-electron chi connectivity index (χ2n) is 6.04. The van der Waals surface area contributed by atoms with Gasteiger partial charge in [0.2, 0.25) is 0 Å². The lowest BCUT2D eigenvalue weighted by Gasteiger charge is -2.28. The van der Waals surface area contributed by atoms with Gasteiger partial charge in [0.25, 0.3) is 5.91 Å². The quantitative estimate of drug-likeness (QED) is 0.727. The van der Waals surface area contributed by atoms with Gasteiger partial charge in [-0.3, -0.25) is 4.79 Å². The average molecular weight is 386 g/mol. The summed E-state index contributed by atoms with van der Waals surface area (Å²) in [6, 6.07) is 13.2. The van der Waals surface area contributed by atoms with Crippen molar-refractivity contribution in [2.75, 3.05) is 11.9 Å². The number of hydrogen-bond acceptors (Lipinski definition) is 3. The molecular weight excluding hydrogens is 366 g/mol. The number of carbonyl (C=O) groups excluding carboxylic acids is 2. The molecule has 2 aromatic rings. The van der Waals surface area contributed by atoms with Gasteiger partial charge in [-0.25, -0.2) is 4.79 Å². The molecule has 140 valence electrons. The van der Waals surface area contributed by atoms with Crippen molar-refractivity contribution in [2.24, 2.45) is 0 Å². The summed E-state index contributed by atoms with van der Waals surface area (Å²) in [4.78, 5) is 24.9. The molecule has 1 atom stereocenters. The third kappa shape index (κ3) is 4.41. The maximum atomic E-state index is 12.9. The Morgan fingerprint density at radius 1 is 1.22 bits per heavy atom. The molecule has 0 bridgehead atoms. The fourth-order valence-electron chi connectivity index (χ4n) is 2.93. The zero-order valence-electron chi connectivity index (χ0n) is 15.0. The van der Waals surface area contributed by atoms with Crippen molar-refractivity contribution in [1.82, 2.24) is 10.6 Å². The summed E-state index contributed by atoms with van der Waals surface area (Å²) in [6.45, 7) is 4.18. The molecule has 0 fully saturated rings. The highest BCUT2D eigenvalue weighted by molar-refractivity contribution is 6.30. The van der Waals surface area contributed by atoms with Crippen LogP contribution in [0.1, 0.15) is 25.5 Å². The highest BCUT2D eigenvalue weighted by Gasteiger charge is 2.31. The fraction of sp³-hybridized carbons (Fsp3) is 0.200. The van der Waals surface area contributed by atoms with Gasteiger partial charge in [-0.2, -0.15) is 0 Å². The van der Waals surface area contributed by atoms with Gasteiger partial charge in [-0.1, -0.05) is 23.7 Å². The Balaban J connectivity index is 1.87. The summed E-state index contributed by atoms with van der Waals surface area (Å²) in [5.74, 6) is 0.420. The van der Waals surface area contributed by atoms with Gasteiger partial charge in [0.1, 0.15) is 5.75 Å². The van der Waals surface area contributed by atoms with E-state index in [0.717, 1.165) is 11.3 Å². The lowest BCUT2D eigenvalue weighted by atomic mass is 9.95. The number of amides is 3. The number of ether oxygens (including phenoxy) is 1.